The summed E-state index contributed by atoms with van der Waals surface area (Å²) in [7, 11) is 0. The number of nitrogens with zero attached hydrogens (tertiary/aromatic N) is 2. The second-order valence-corrected chi connectivity index (χ2v) is 5.96. The van der Waals surface area contributed by atoms with Crippen molar-refractivity contribution in [1.82, 2.24) is 4.90 Å². The van der Waals surface area contributed by atoms with Gasteiger partial charge in [0.25, 0.3) is 0 Å². The molecule has 4 heteroatoms. The van der Waals surface area contributed by atoms with Crippen molar-refractivity contribution >= 4 is 11.6 Å². The van der Waals surface area contributed by atoms with E-state index in [2.05, 4.69) is 24.0 Å². The zero-order chi connectivity index (χ0) is 16.2. The van der Waals surface area contributed by atoms with E-state index in [0.717, 1.165) is 31.7 Å². The number of anilines is 1. The molecule has 2 aromatic rings. The number of hydrogen-bond donors (Lipinski definition) is 0. The molecule has 0 spiro atoms. The molecule has 3 rings (SSSR count). The van der Waals surface area contributed by atoms with Crippen molar-refractivity contribution in [2.75, 3.05) is 31.1 Å². The van der Waals surface area contributed by atoms with Crippen LogP contribution in [0.3, 0.4) is 0 Å². The van der Waals surface area contributed by atoms with Gasteiger partial charge in [-0.3, -0.25) is 4.79 Å². The Kier molecular flexibility index (Phi) is 4.60. The molecule has 1 aliphatic heterocycles. The number of carbonyl (C=O) groups excluding carboxylic acids is 1. The van der Waals surface area contributed by atoms with Crippen molar-refractivity contribution in [3.63, 3.8) is 0 Å². The van der Waals surface area contributed by atoms with Gasteiger partial charge in [-0.1, -0.05) is 30.3 Å². The zero-order valence-electron chi connectivity index (χ0n) is 13.3. The van der Waals surface area contributed by atoms with Crippen LogP contribution in [-0.2, 0) is 11.2 Å². The summed E-state index contributed by atoms with van der Waals surface area (Å²) in [6.07, 6.45) is 0.338. The van der Waals surface area contributed by atoms with Crippen LogP contribution in [0.1, 0.15) is 11.1 Å². The molecule has 1 amide bonds. The summed E-state index contributed by atoms with van der Waals surface area (Å²) in [6.45, 7) is 5.27. The van der Waals surface area contributed by atoms with Crippen LogP contribution >= 0.6 is 0 Å². The maximum Gasteiger partial charge on any atom is 0.227 e. The number of aryl methyl sites for hydroxylation is 1. The predicted octanol–water partition coefficient (Wildman–Crippen LogP) is 3.03. The maximum absolute atomic E-state index is 12.9. The van der Waals surface area contributed by atoms with Gasteiger partial charge in [0.2, 0.25) is 5.91 Å². The first-order valence-electron chi connectivity index (χ1n) is 7.96. The summed E-state index contributed by atoms with van der Waals surface area (Å²) in [4.78, 5) is 16.6. The quantitative estimate of drug-likeness (QED) is 0.870. The number of hydrogen-bond acceptors (Lipinski definition) is 2. The lowest BCUT2D eigenvalue weighted by molar-refractivity contribution is -0.130. The number of para-hydroxylation sites is 1. The summed E-state index contributed by atoms with van der Waals surface area (Å²) < 4.78 is 12.9. The Balaban J connectivity index is 1.57. The van der Waals surface area contributed by atoms with Gasteiger partial charge >= 0.3 is 0 Å². The molecule has 0 aliphatic carbocycles. The fourth-order valence-corrected chi connectivity index (χ4v) is 3.00. The molecule has 120 valence electrons. The van der Waals surface area contributed by atoms with E-state index < -0.39 is 0 Å². The van der Waals surface area contributed by atoms with Crippen LogP contribution < -0.4 is 4.90 Å². The highest BCUT2D eigenvalue weighted by Gasteiger charge is 2.21. The Hall–Kier alpha value is -2.36. The van der Waals surface area contributed by atoms with E-state index >= 15 is 0 Å². The Morgan fingerprint density at radius 3 is 2.30 bits per heavy atom. The van der Waals surface area contributed by atoms with Crippen molar-refractivity contribution in [3.8, 4) is 0 Å². The number of carbonyl (C=O) groups is 1. The largest absolute Gasteiger partial charge is 0.368 e. The van der Waals surface area contributed by atoms with E-state index in [1.165, 1.54) is 23.4 Å². The fraction of sp³-hybridized carbons (Fsp3) is 0.316. The zero-order valence-corrected chi connectivity index (χ0v) is 13.3. The third-order valence-electron chi connectivity index (χ3n) is 4.36. The van der Waals surface area contributed by atoms with Gasteiger partial charge in [0.1, 0.15) is 5.82 Å². The highest BCUT2D eigenvalue weighted by Crippen LogP contribution is 2.21. The van der Waals surface area contributed by atoms with Gasteiger partial charge in [0, 0.05) is 31.9 Å². The minimum atomic E-state index is -0.270. The smallest absolute Gasteiger partial charge is 0.227 e. The van der Waals surface area contributed by atoms with Gasteiger partial charge in [0.15, 0.2) is 0 Å². The average Bonchev–Trinajstić information content (AvgIpc) is 2.57. The van der Waals surface area contributed by atoms with E-state index in [9.17, 15) is 9.18 Å². The Labute approximate surface area is 136 Å². The number of amides is 1. The van der Waals surface area contributed by atoms with Crippen molar-refractivity contribution in [2.24, 2.45) is 0 Å². The highest BCUT2D eigenvalue weighted by molar-refractivity contribution is 5.79. The molecule has 1 aliphatic rings. The van der Waals surface area contributed by atoms with Gasteiger partial charge in [0.05, 0.1) is 6.42 Å². The van der Waals surface area contributed by atoms with E-state index in [1.807, 2.05) is 17.0 Å². The summed E-state index contributed by atoms with van der Waals surface area (Å²) in [5.41, 5.74) is 3.37. The number of benzene rings is 2. The van der Waals surface area contributed by atoms with Crippen LogP contribution in [0.25, 0.3) is 0 Å². The van der Waals surface area contributed by atoms with Gasteiger partial charge in [-0.15, -0.1) is 0 Å². The summed E-state index contributed by atoms with van der Waals surface area (Å²) in [5, 5.41) is 0. The third-order valence-corrected chi connectivity index (χ3v) is 4.36. The molecule has 3 nitrogen and oxygen atoms in total. The average molecular weight is 312 g/mol. The van der Waals surface area contributed by atoms with Crippen LogP contribution in [-0.4, -0.2) is 37.0 Å². The van der Waals surface area contributed by atoms with Crippen LogP contribution in [0, 0.1) is 12.7 Å². The van der Waals surface area contributed by atoms with Crippen LogP contribution in [0.5, 0.6) is 0 Å². The predicted molar refractivity (Wildman–Crippen MR) is 90.1 cm³/mol. The lowest BCUT2D eigenvalue weighted by atomic mass is 10.1. The molecule has 0 radical (unpaired) electrons. The topological polar surface area (TPSA) is 23.6 Å². The first-order chi connectivity index (χ1) is 11.1. The minimum Gasteiger partial charge on any atom is -0.368 e. The lowest BCUT2D eigenvalue weighted by Gasteiger charge is -2.37. The molecule has 23 heavy (non-hydrogen) atoms. The van der Waals surface area contributed by atoms with Crippen LogP contribution in [0.15, 0.2) is 48.5 Å². The second-order valence-electron chi connectivity index (χ2n) is 5.96. The van der Waals surface area contributed by atoms with Gasteiger partial charge in [-0.2, -0.15) is 0 Å². The molecule has 0 atom stereocenters. The Morgan fingerprint density at radius 2 is 1.65 bits per heavy atom. The van der Waals surface area contributed by atoms with E-state index in [1.54, 1.807) is 12.1 Å². The molecule has 0 unspecified atom stereocenters. The first kappa shape index (κ1) is 15.5. The molecular weight excluding hydrogens is 291 g/mol. The van der Waals surface area contributed by atoms with Crippen molar-refractivity contribution in [3.05, 3.63) is 65.5 Å². The van der Waals surface area contributed by atoms with Gasteiger partial charge in [-0.05, 0) is 36.2 Å². The Bertz CT molecular complexity index is 676. The minimum absolute atomic E-state index is 0.112. The van der Waals surface area contributed by atoms with Crippen LogP contribution in [0.4, 0.5) is 10.1 Å². The molecular formula is C19H21FN2O. The normalized spacial score (nSPS) is 14.9. The van der Waals surface area contributed by atoms with Gasteiger partial charge in [-0.25, -0.2) is 4.39 Å². The van der Waals surface area contributed by atoms with Gasteiger partial charge < -0.3 is 9.80 Å². The number of piperazine rings is 1. The van der Waals surface area contributed by atoms with Crippen molar-refractivity contribution < 1.29 is 9.18 Å². The van der Waals surface area contributed by atoms with Crippen molar-refractivity contribution in [2.45, 2.75) is 13.3 Å². The van der Waals surface area contributed by atoms with E-state index in [4.69, 9.17) is 0 Å². The highest BCUT2D eigenvalue weighted by atomic mass is 19.1. The van der Waals surface area contributed by atoms with Crippen molar-refractivity contribution in [1.29, 1.82) is 0 Å². The molecule has 0 aromatic heterocycles. The monoisotopic (exact) mass is 312 g/mol. The lowest BCUT2D eigenvalue weighted by Crippen LogP contribution is -2.49. The summed E-state index contributed by atoms with van der Waals surface area (Å²) >= 11 is 0. The molecule has 1 fully saturated rings. The van der Waals surface area contributed by atoms with Crippen LogP contribution in [0.2, 0.25) is 0 Å². The number of halogens is 1. The first-order valence-corrected chi connectivity index (χ1v) is 7.96. The maximum atomic E-state index is 12.9. The SMILES string of the molecule is Cc1ccccc1N1CCN(C(=O)Cc2ccc(F)cc2)CC1. The molecule has 1 heterocycles. The van der Waals surface area contributed by atoms with E-state index in [-0.39, 0.29) is 11.7 Å². The van der Waals surface area contributed by atoms with E-state index in [0.29, 0.717) is 6.42 Å². The second kappa shape index (κ2) is 6.82. The summed E-state index contributed by atoms with van der Waals surface area (Å²) in [5.74, 6) is -0.158. The molecule has 0 saturated carbocycles. The molecule has 2 aromatic carbocycles. The molecule has 0 bridgehead atoms. The number of rotatable bonds is 3. The molecule has 0 N–H and O–H groups in total. The standard InChI is InChI=1S/C19H21FN2O/c1-15-4-2-3-5-18(15)21-10-12-22(13-11-21)19(23)14-16-6-8-17(20)9-7-16/h2-9H,10-14H2,1H3. The summed E-state index contributed by atoms with van der Waals surface area (Å²) in [6, 6.07) is 14.5. The fourth-order valence-electron chi connectivity index (χ4n) is 3.00. The third kappa shape index (κ3) is 3.70. The molecule has 1 saturated heterocycles. The Morgan fingerprint density at radius 1 is 1.00 bits per heavy atom.